The lowest BCUT2D eigenvalue weighted by Crippen LogP contribution is -3.00. The van der Waals surface area contributed by atoms with Crippen LogP contribution in [0.3, 0.4) is 0 Å². The van der Waals surface area contributed by atoms with Crippen LogP contribution in [0.15, 0.2) is 64.0 Å². The molecule has 0 saturated heterocycles. The molecule has 4 rings (SSSR count). The molecule has 0 fully saturated rings. The molecule has 2 N–H and O–H groups in total. The first kappa shape index (κ1) is 32.5. The first-order chi connectivity index (χ1) is 18.9. The number of nitrogens with one attached hydrogen (secondary N) is 1. The van der Waals surface area contributed by atoms with Crippen molar-refractivity contribution in [1.29, 1.82) is 5.41 Å². The Morgan fingerprint density at radius 3 is 2.23 bits per heavy atom. The van der Waals surface area contributed by atoms with Crippen molar-refractivity contribution in [2.75, 3.05) is 31.1 Å². The summed E-state index contributed by atoms with van der Waals surface area (Å²) in [5.41, 5.74) is 4.63. The average molecular weight is 595 g/mol. The number of anilines is 1. The maximum atomic E-state index is 12.3. The van der Waals surface area contributed by atoms with Crippen molar-refractivity contribution in [3.63, 3.8) is 0 Å². The smallest absolute Gasteiger partial charge is 0.336 e. The highest BCUT2D eigenvalue weighted by Crippen LogP contribution is 2.42. The molecule has 7 nitrogen and oxygen atoms in total. The van der Waals surface area contributed by atoms with Crippen molar-refractivity contribution in [2.24, 2.45) is 4.99 Å². The first-order valence-corrected chi connectivity index (χ1v) is 13.5. The van der Waals surface area contributed by atoms with Crippen LogP contribution in [-0.4, -0.2) is 47.6 Å². The van der Waals surface area contributed by atoms with E-state index in [0.717, 1.165) is 53.7 Å². The largest absolute Gasteiger partial charge is 1.00 e. The van der Waals surface area contributed by atoms with Crippen molar-refractivity contribution >= 4 is 63.1 Å². The van der Waals surface area contributed by atoms with Crippen molar-refractivity contribution in [2.45, 2.75) is 27.7 Å². The van der Waals surface area contributed by atoms with Crippen LogP contribution < -0.4 is 27.2 Å². The Labute approximate surface area is 250 Å². The van der Waals surface area contributed by atoms with E-state index in [1.165, 1.54) is 6.07 Å². The number of nitrogens with zero attached hydrogens (tertiary/aromatic N) is 3. The van der Waals surface area contributed by atoms with Crippen LogP contribution in [0.4, 0.5) is 11.4 Å². The fourth-order valence-electron chi connectivity index (χ4n) is 4.78. The van der Waals surface area contributed by atoms with Crippen LogP contribution in [-0.2, 0) is 0 Å². The molecule has 0 amide bonds. The fourth-order valence-corrected chi connectivity index (χ4v) is 4.88. The minimum Gasteiger partial charge on any atom is -1.00 e. The number of halogens is 1. The molecular formula is C30H31ClN4O3S2. The molecule has 40 heavy (non-hydrogen) atoms. The highest BCUT2D eigenvalue weighted by Gasteiger charge is 2.23. The van der Waals surface area contributed by atoms with Gasteiger partial charge in [-0.2, -0.15) is 4.99 Å². The summed E-state index contributed by atoms with van der Waals surface area (Å²) in [5, 5.41) is 21.7. The zero-order chi connectivity index (χ0) is 28.5. The standard InChI is InChI=1S/C29H29N3O3S.CHNS.ClH/c1-5-31(6-2)20-10-13-23-26(16-20)35-27-17-21(32(7-3)8-4)11-14-24(27)28(23)22-12-9-19(30-18-36)15-25(22)29(33)34;2-1-3;/h9-17H,5-8H2,1-4H3;2H;1H. The Bertz CT molecular complexity index is 1630. The molecule has 1 heterocycles. The topological polar surface area (TPSA) is 92.9 Å². The molecule has 0 aromatic heterocycles. The van der Waals surface area contributed by atoms with Gasteiger partial charge in [-0.3, -0.25) is 0 Å². The van der Waals surface area contributed by atoms with Crippen LogP contribution in [0.25, 0.3) is 33.4 Å². The number of carbonyl (C=O) groups is 1. The van der Waals surface area contributed by atoms with Crippen LogP contribution in [0.1, 0.15) is 38.1 Å². The third-order valence-electron chi connectivity index (χ3n) is 6.62. The molecule has 0 atom stereocenters. The number of hydrogen-bond acceptors (Lipinski definition) is 7. The van der Waals surface area contributed by atoms with Gasteiger partial charge in [-0.05, 0) is 88.0 Å². The fraction of sp³-hybridized carbons (Fsp3) is 0.267. The van der Waals surface area contributed by atoms with Gasteiger partial charge in [0.2, 0.25) is 5.36 Å². The number of carboxylic acid groups (broad SMARTS) is 1. The van der Waals surface area contributed by atoms with Crippen molar-refractivity contribution < 1.29 is 26.7 Å². The summed E-state index contributed by atoms with van der Waals surface area (Å²) in [7, 11) is 0. The molecule has 0 radical (unpaired) electrons. The monoisotopic (exact) mass is 594 g/mol. The predicted octanol–water partition coefficient (Wildman–Crippen LogP) is 3.97. The summed E-state index contributed by atoms with van der Waals surface area (Å²) >= 11 is 8.53. The van der Waals surface area contributed by atoms with Crippen LogP contribution >= 0.6 is 24.4 Å². The minimum atomic E-state index is -1.03. The number of benzene rings is 3. The Kier molecular flexibility index (Phi) is 12.3. The van der Waals surface area contributed by atoms with Crippen molar-refractivity contribution in [3.8, 4) is 22.5 Å². The summed E-state index contributed by atoms with van der Waals surface area (Å²) in [6.45, 7) is 12.0. The second-order valence-corrected chi connectivity index (χ2v) is 8.91. The highest BCUT2D eigenvalue weighted by atomic mass is 35.5. The zero-order valence-electron chi connectivity index (χ0n) is 22.8. The zero-order valence-corrected chi connectivity index (χ0v) is 25.2. The molecule has 10 heteroatoms. The molecule has 208 valence electrons. The molecule has 0 spiro atoms. The third-order valence-corrected chi connectivity index (χ3v) is 6.72. The number of hydrogen-bond donors (Lipinski definition) is 2. The minimum absolute atomic E-state index is 0. The molecule has 0 bridgehead atoms. The lowest BCUT2D eigenvalue weighted by atomic mass is 9.90. The van der Waals surface area contributed by atoms with Gasteiger partial charge in [0.1, 0.15) is 24.4 Å². The van der Waals surface area contributed by atoms with Crippen molar-refractivity contribution in [3.05, 3.63) is 65.5 Å². The normalized spacial score (nSPS) is 10.0. The third kappa shape index (κ3) is 6.89. The molecule has 1 aliphatic carbocycles. The Morgan fingerprint density at radius 1 is 1.00 bits per heavy atom. The highest BCUT2D eigenvalue weighted by molar-refractivity contribution is 7.78. The SMILES string of the molecule is CCN(CC)c1ccc2c(-c3ccc(N=C=S)cc3C(=O)O)c3ccc(=[N+](CC)CC)cc-3oc2c1.N=C=S.[Cl-]. The molecule has 1 aliphatic heterocycles. The van der Waals surface area contributed by atoms with Gasteiger partial charge < -0.3 is 26.8 Å². The van der Waals surface area contributed by atoms with Crippen LogP contribution in [0.5, 0.6) is 0 Å². The van der Waals surface area contributed by atoms with E-state index >= 15 is 0 Å². The maximum absolute atomic E-state index is 12.3. The number of isothiocyanates is 2. The quantitative estimate of drug-likeness (QED) is 0.139. The van der Waals surface area contributed by atoms with Gasteiger partial charge in [0.05, 0.1) is 27.6 Å². The van der Waals surface area contributed by atoms with E-state index in [9.17, 15) is 9.90 Å². The Balaban J connectivity index is 0.00000134. The lowest BCUT2D eigenvalue weighted by Gasteiger charge is -2.22. The van der Waals surface area contributed by atoms with Crippen LogP contribution in [0, 0.1) is 5.41 Å². The second kappa shape index (κ2) is 15.2. The number of aliphatic imine (C=N–C) groups is 1. The molecule has 0 unspecified atom stereocenters. The van der Waals surface area contributed by atoms with Crippen LogP contribution in [0.2, 0.25) is 0 Å². The second-order valence-electron chi connectivity index (χ2n) is 8.52. The molecule has 2 aromatic carbocycles. The molecule has 2 aromatic rings. The summed E-state index contributed by atoms with van der Waals surface area (Å²) in [6, 6.07) is 17.3. The van der Waals surface area contributed by atoms with E-state index < -0.39 is 5.97 Å². The Morgan fingerprint density at radius 2 is 1.65 bits per heavy atom. The van der Waals surface area contributed by atoms with Gasteiger partial charge in [0.25, 0.3) is 0 Å². The van der Waals surface area contributed by atoms with Gasteiger partial charge in [0, 0.05) is 47.4 Å². The molecule has 2 aliphatic rings. The van der Waals surface area contributed by atoms with E-state index in [1.807, 2.05) is 24.3 Å². The van der Waals surface area contributed by atoms with E-state index in [4.69, 9.17) is 22.0 Å². The maximum Gasteiger partial charge on any atom is 0.336 e. The van der Waals surface area contributed by atoms with E-state index in [-0.39, 0.29) is 18.0 Å². The van der Waals surface area contributed by atoms with Gasteiger partial charge in [-0.1, -0.05) is 6.07 Å². The lowest BCUT2D eigenvalue weighted by molar-refractivity contribution is -0.0000239. The van der Waals surface area contributed by atoms with Gasteiger partial charge in [-0.15, -0.1) is 0 Å². The summed E-state index contributed by atoms with van der Waals surface area (Å²) in [5.74, 6) is -0.330. The summed E-state index contributed by atoms with van der Waals surface area (Å²) in [4.78, 5) is 18.6. The molecule has 0 saturated carbocycles. The first-order valence-electron chi connectivity index (χ1n) is 12.7. The number of carboxylic acids is 1. The number of rotatable bonds is 8. The molecular weight excluding hydrogens is 564 g/mol. The Hall–Kier alpha value is -3.71. The number of thiocarbonyl (C=S) groups is 2. The summed E-state index contributed by atoms with van der Waals surface area (Å²) < 4.78 is 8.74. The average Bonchev–Trinajstić information content (AvgIpc) is 2.93. The predicted molar refractivity (Wildman–Crippen MR) is 165 cm³/mol. The van der Waals surface area contributed by atoms with Gasteiger partial charge in [0.15, 0.2) is 0 Å². The van der Waals surface area contributed by atoms with Crippen molar-refractivity contribution in [1.82, 2.24) is 4.58 Å². The van der Waals surface area contributed by atoms with E-state index in [2.05, 4.69) is 71.7 Å². The summed E-state index contributed by atoms with van der Waals surface area (Å²) in [6.07, 6.45) is 0. The number of aromatic carboxylic acids is 1. The van der Waals surface area contributed by atoms with E-state index in [1.54, 1.807) is 17.3 Å². The number of fused-ring (bicyclic) bond motifs is 2. The van der Waals surface area contributed by atoms with E-state index in [0.29, 0.717) is 22.6 Å². The van der Waals surface area contributed by atoms with Gasteiger partial charge >= 0.3 is 5.97 Å². The van der Waals surface area contributed by atoms with Gasteiger partial charge in [-0.25, -0.2) is 14.8 Å².